The molecule has 1 aliphatic carbocycles. The van der Waals surface area contributed by atoms with E-state index in [1.165, 1.54) is 6.26 Å². The number of nitrogens with one attached hydrogen (secondary N) is 1. The van der Waals surface area contributed by atoms with Gasteiger partial charge in [0.2, 0.25) is 5.91 Å². The summed E-state index contributed by atoms with van der Waals surface area (Å²) in [4.78, 5) is 29.0. The molecule has 1 aromatic carbocycles. The van der Waals surface area contributed by atoms with Gasteiger partial charge in [-0.3, -0.25) is 9.59 Å². The van der Waals surface area contributed by atoms with Gasteiger partial charge in [0.15, 0.2) is 5.76 Å². The van der Waals surface area contributed by atoms with E-state index in [0.29, 0.717) is 12.3 Å². The van der Waals surface area contributed by atoms with Gasteiger partial charge in [0, 0.05) is 44.0 Å². The summed E-state index contributed by atoms with van der Waals surface area (Å²) in [5.74, 6) is 0.435. The summed E-state index contributed by atoms with van der Waals surface area (Å²) in [5.41, 5.74) is 2.77. The second kappa shape index (κ2) is 8.50. The predicted octanol–water partition coefficient (Wildman–Crippen LogP) is 4.14. The molecule has 1 heterocycles. The second-order valence-corrected chi connectivity index (χ2v) is 7.67. The first kappa shape index (κ1) is 20.0. The third-order valence-electron chi connectivity index (χ3n) is 5.23. The Kier molecular flexibility index (Phi) is 6.07. The monoisotopic (exact) mass is 383 g/mol. The summed E-state index contributed by atoms with van der Waals surface area (Å²) in [7, 11) is 3.95. The molecule has 1 aliphatic rings. The van der Waals surface area contributed by atoms with Crippen molar-refractivity contribution in [3.63, 3.8) is 0 Å². The van der Waals surface area contributed by atoms with Crippen LogP contribution in [0.15, 0.2) is 41.0 Å². The molecular formula is C22H29N3O3. The van der Waals surface area contributed by atoms with Crippen LogP contribution in [0.5, 0.6) is 0 Å². The molecule has 1 N–H and O–H groups in total. The molecule has 3 rings (SSSR count). The Hall–Kier alpha value is -2.76. The van der Waals surface area contributed by atoms with E-state index >= 15 is 0 Å². The Morgan fingerprint density at radius 3 is 2.57 bits per heavy atom. The smallest absolute Gasteiger partial charge is 0.290 e. The highest BCUT2D eigenvalue weighted by Crippen LogP contribution is 2.31. The third-order valence-corrected chi connectivity index (χ3v) is 5.23. The van der Waals surface area contributed by atoms with Crippen LogP contribution in [0, 0.1) is 5.92 Å². The van der Waals surface area contributed by atoms with E-state index in [4.69, 9.17) is 4.42 Å². The van der Waals surface area contributed by atoms with Crippen LogP contribution in [0.4, 0.5) is 11.4 Å². The summed E-state index contributed by atoms with van der Waals surface area (Å²) >= 11 is 0. The van der Waals surface area contributed by atoms with Gasteiger partial charge in [-0.25, -0.2) is 0 Å². The molecule has 0 bridgehead atoms. The SMILES string of the molecule is CC[C@@H](C)N(Cc1cc(NC(=O)C2CC2)ccc1N(C)C)C(=O)c1ccco1. The predicted molar refractivity (Wildman–Crippen MR) is 110 cm³/mol. The van der Waals surface area contributed by atoms with Crippen LogP contribution in [-0.4, -0.2) is 36.9 Å². The summed E-state index contributed by atoms with van der Waals surface area (Å²) in [6, 6.07) is 9.35. The van der Waals surface area contributed by atoms with Crippen LogP contribution in [-0.2, 0) is 11.3 Å². The second-order valence-electron chi connectivity index (χ2n) is 7.67. The van der Waals surface area contributed by atoms with E-state index in [2.05, 4.69) is 12.2 Å². The van der Waals surface area contributed by atoms with Crippen molar-refractivity contribution in [2.75, 3.05) is 24.3 Å². The number of furan rings is 1. The highest BCUT2D eigenvalue weighted by Gasteiger charge is 2.30. The molecule has 28 heavy (non-hydrogen) atoms. The average Bonchev–Trinajstić information content (AvgIpc) is 3.39. The molecule has 6 heteroatoms. The van der Waals surface area contributed by atoms with Gasteiger partial charge in [0.05, 0.1) is 6.26 Å². The van der Waals surface area contributed by atoms with Crippen LogP contribution < -0.4 is 10.2 Å². The van der Waals surface area contributed by atoms with Gasteiger partial charge >= 0.3 is 0 Å². The number of hydrogen-bond donors (Lipinski definition) is 1. The number of rotatable bonds is 8. The van der Waals surface area contributed by atoms with Gasteiger partial charge in [-0.1, -0.05) is 6.92 Å². The standard InChI is InChI=1S/C22H29N3O3/c1-5-15(2)25(22(27)20-7-6-12-28-20)14-17-13-18(10-11-19(17)24(3)4)23-21(26)16-8-9-16/h6-7,10-13,15-16H,5,8-9,14H2,1-4H3,(H,23,26)/t15-/m1/s1. The number of anilines is 2. The van der Waals surface area contributed by atoms with Gasteiger partial charge < -0.3 is 19.5 Å². The highest BCUT2D eigenvalue weighted by molar-refractivity contribution is 5.94. The Bertz CT molecular complexity index is 826. The Labute approximate surface area is 166 Å². The molecule has 1 atom stereocenters. The molecule has 1 fully saturated rings. The lowest BCUT2D eigenvalue weighted by Crippen LogP contribution is -2.38. The lowest BCUT2D eigenvalue weighted by molar-refractivity contribution is -0.117. The van der Waals surface area contributed by atoms with Gasteiger partial charge in [-0.2, -0.15) is 0 Å². The number of benzene rings is 1. The molecule has 1 saturated carbocycles. The van der Waals surface area contributed by atoms with Crippen molar-refractivity contribution in [2.45, 2.75) is 45.7 Å². The first-order valence-electron chi connectivity index (χ1n) is 9.86. The molecular weight excluding hydrogens is 354 g/mol. The van der Waals surface area contributed by atoms with Crippen molar-refractivity contribution < 1.29 is 14.0 Å². The van der Waals surface area contributed by atoms with Crippen molar-refractivity contribution >= 4 is 23.2 Å². The zero-order valence-corrected chi connectivity index (χ0v) is 17.1. The summed E-state index contributed by atoms with van der Waals surface area (Å²) in [6.07, 6.45) is 4.28. The Balaban J connectivity index is 1.89. The van der Waals surface area contributed by atoms with Gasteiger partial charge in [0.1, 0.15) is 0 Å². The van der Waals surface area contributed by atoms with Crippen molar-refractivity contribution in [1.82, 2.24) is 4.90 Å². The van der Waals surface area contributed by atoms with Crippen LogP contribution in [0.2, 0.25) is 0 Å². The summed E-state index contributed by atoms with van der Waals surface area (Å²) in [5, 5.41) is 3.00. The summed E-state index contributed by atoms with van der Waals surface area (Å²) < 4.78 is 5.34. The number of nitrogens with zero attached hydrogens (tertiary/aromatic N) is 2. The van der Waals surface area contributed by atoms with Crippen molar-refractivity contribution in [1.29, 1.82) is 0 Å². The molecule has 6 nitrogen and oxygen atoms in total. The molecule has 2 amide bonds. The molecule has 1 aromatic heterocycles. The molecule has 2 aromatic rings. The number of amides is 2. The van der Waals surface area contributed by atoms with Crippen molar-refractivity contribution in [2.24, 2.45) is 5.92 Å². The third kappa shape index (κ3) is 4.55. The van der Waals surface area contributed by atoms with Gasteiger partial charge in [-0.15, -0.1) is 0 Å². The molecule has 0 saturated heterocycles. The van der Waals surface area contributed by atoms with E-state index < -0.39 is 0 Å². The van der Waals surface area contributed by atoms with Crippen molar-refractivity contribution in [3.05, 3.63) is 47.9 Å². The molecule has 0 aliphatic heterocycles. The van der Waals surface area contributed by atoms with Crippen LogP contribution in [0.25, 0.3) is 0 Å². The number of carbonyl (C=O) groups excluding carboxylic acids is 2. The van der Waals surface area contributed by atoms with Gasteiger partial charge in [-0.05, 0) is 62.1 Å². The van der Waals surface area contributed by atoms with Crippen molar-refractivity contribution in [3.8, 4) is 0 Å². The topological polar surface area (TPSA) is 65.8 Å². The maximum atomic E-state index is 13.0. The molecule has 0 radical (unpaired) electrons. The van der Waals surface area contributed by atoms with E-state index in [1.54, 1.807) is 12.1 Å². The number of hydrogen-bond acceptors (Lipinski definition) is 4. The van der Waals surface area contributed by atoms with E-state index in [1.807, 2.05) is 49.0 Å². The molecule has 150 valence electrons. The lowest BCUT2D eigenvalue weighted by atomic mass is 10.1. The fourth-order valence-electron chi connectivity index (χ4n) is 3.19. The fraction of sp³-hybridized carbons (Fsp3) is 0.455. The largest absolute Gasteiger partial charge is 0.459 e. The van der Waals surface area contributed by atoms with E-state index in [-0.39, 0.29) is 23.8 Å². The maximum Gasteiger partial charge on any atom is 0.290 e. The van der Waals surface area contributed by atoms with Crippen LogP contribution in [0.3, 0.4) is 0 Å². The average molecular weight is 383 g/mol. The van der Waals surface area contributed by atoms with Crippen LogP contribution in [0.1, 0.15) is 49.2 Å². The zero-order chi connectivity index (χ0) is 20.3. The maximum absolute atomic E-state index is 13.0. The van der Waals surface area contributed by atoms with E-state index in [9.17, 15) is 9.59 Å². The quantitative estimate of drug-likeness (QED) is 0.744. The number of carbonyl (C=O) groups is 2. The van der Waals surface area contributed by atoms with Crippen LogP contribution >= 0.6 is 0 Å². The first-order valence-corrected chi connectivity index (χ1v) is 9.86. The minimum absolute atomic E-state index is 0.0531. The molecule has 0 spiro atoms. The fourth-order valence-corrected chi connectivity index (χ4v) is 3.19. The van der Waals surface area contributed by atoms with Gasteiger partial charge in [0.25, 0.3) is 5.91 Å². The minimum Gasteiger partial charge on any atom is -0.459 e. The molecule has 0 unspecified atom stereocenters. The normalized spacial score (nSPS) is 14.4. The highest BCUT2D eigenvalue weighted by atomic mass is 16.3. The summed E-state index contributed by atoms with van der Waals surface area (Å²) in [6.45, 7) is 4.54. The Morgan fingerprint density at radius 2 is 2.00 bits per heavy atom. The lowest BCUT2D eigenvalue weighted by Gasteiger charge is -2.30. The zero-order valence-electron chi connectivity index (χ0n) is 17.1. The Morgan fingerprint density at radius 1 is 1.25 bits per heavy atom. The first-order chi connectivity index (χ1) is 13.4. The minimum atomic E-state index is -0.128. The van der Waals surface area contributed by atoms with E-state index in [0.717, 1.165) is 36.2 Å².